The van der Waals surface area contributed by atoms with Crippen molar-refractivity contribution in [3.63, 3.8) is 0 Å². The average molecular weight is 336 g/mol. The van der Waals surface area contributed by atoms with E-state index in [4.69, 9.17) is 16.0 Å². The lowest BCUT2D eigenvalue weighted by atomic mass is 10.1. The van der Waals surface area contributed by atoms with Crippen molar-refractivity contribution in [1.29, 1.82) is 0 Å². The number of nitrogens with zero attached hydrogens (tertiary/aromatic N) is 1. The van der Waals surface area contributed by atoms with Gasteiger partial charge in [0.2, 0.25) is 5.89 Å². The molecule has 5 rings (SSSR count). The lowest BCUT2D eigenvalue weighted by Gasteiger charge is -1.93. The monoisotopic (exact) mass is 335 g/mol. The Balaban J connectivity index is 1.81. The van der Waals surface area contributed by atoms with Gasteiger partial charge in [-0.25, -0.2) is 4.98 Å². The zero-order valence-corrected chi connectivity index (χ0v) is 13.5. The third kappa shape index (κ3) is 1.97. The third-order valence-electron chi connectivity index (χ3n) is 3.98. The fourth-order valence-corrected chi connectivity index (χ4v) is 4.30. The van der Waals surface area contributed by atoms with E-state index in [1.807, 2.05) is 42.5 Å². The van der Waals surface area contributed by atoms with Crippen molar-refractivity contribution in [3.8, 4) is 11.5 Å². The molecule has 0 aliphatic heterocycles. The Hall–Kier alpha value is -2.36. The van der Waals surface area contributed by atoms with Crippen LogP contribution in [-0.4, -0.2) is 4.98 Å². The van der Waals surface area contributed by atoms with Gasteiger partial charge in [-0.05, 0) is 30.3 Å². The highest BCUT2D eigenvalue weighted by atomic mass is 35.5. The summed E-state index contributed by atoms with van der Waals surface area (Å²) in [5.41, 5.74) is 2.66. The van der Waals surface area contributed by atoms with Gasteiger partial charge in [-0.2, -0.15) is 0 Å². The molecule has 0 bridgehead atoms. The standard InChI is InChI=1S/C19H10ClNOS/c20-14-8-4-7-12-13-9-16-15(10-17(13)23-18(12)14)21-19(22-16)11-5-2-1-3-6-11/h1-10H. The number of fused-ring (bicyclic) bond motifs is 4. The van der Waals surface area contributed by atoms with Crippen LogP contribution in [0.15, 0.2) is 65.1 Å². The minimum atomic E-state index is 0.653. The highest BCUT2D eigenvalue weighted by molar-refractivity contribution is 7.26. The number of halogens is 1. The fraction of sp³-hybridized carbons (Fsp3) is 0. The summed E-state index contributed by atoms with van der Waals surface area (Å²) < 4.78 is 8.26. The second-order valence-corrected chi connectivity index (χ2v) is 6.88. The summed E-state index contributed by atoms with van der Waals surface area (Å²) in [6, 6.07) is 20.1. The van der Waals surface area contributed by atoms with Gasteiger partial charge in [-0.15, -0.1) is 11.3 Å². The maximum atomic E-state index is 6.31. The Morgan fingerprint density at radius 2 is 1.78 bits per heavy atom. The molecule has 0 atom stereocenters. The van der Waals surface area contributed by atoms with Crippen LogP contribution in [0.2, 0.25) is 5.02 Å². The third-order valence-corrected chi connectivity index (χ3v) is 5.61. The average Bonchev–Trinajstić information content (AvgIpc) is 3.15. The van der Waals surface area contributed by atoms with E-state index in [0.717, 1.165) is 37.2 Å². The quantitative estimate of drug-likeness (QED) is 0.348. The van der Waals surface area contributed by atoms with E-state index < -0.39 is 0 Å². The number of rotatable bonds is 1. The van der Waals surface area contributed by atoms with Gasteiger partial charge in [0.25, 0.3) is 0 Å². The molecule has 3 aromatic carbocycles. The first-order valence-corrected chi connectivity index (χ1v) is 8.46. The first kappa shape index (κ1) is 13.1. The van der Waals surface area contributed by atoms with Crippen LogP contribution in [0.3, 0.4) is 0 Å². The predicted octanol–water partition coefficient (Wildman–Crippen LogP) is 6.52. The molecule has 2 aromatic heterocycles. The van der Waals surface area contributed by atoms with Gasteiger partial charge in [0.15, 0.2) is 5.58 Å². The molecule has 0 aliphatic rings. The SMILES string of the molecule is Clc1cccc2c1sc1cc3nc(-c4ccccc4)oc3cc12. The summed E-state index contributed by atoms with van der Waals surface area (Å²) in [5, 5.41) is 3.12. The summed E-state index contributed by atoms with van der Waals surface area (Å²) in [7, 11) is 0. The van der Waals surface area contributed by atoms with Crippen LogP contribution in [0.5, 0.6) is 0 Å². The first-order valence-electron chi connectivity index (χ1n) is 7.26. The van der Waals surface area contributed by atoms with Crippen LogP contribution in [0.4, 0.5) is 0 Å². The molecule has 0 amide bonds. The lowest BCUT2D eigenvalue weighted by Crippen LogP contribution is -1.74. The van der Waals surface area contributed by atoms with Crippen molar-refractivity contribution in [2.45, 2.75) is 0 Å². The van der Waals surface area contributed by atoms with Crippen LogP contribution in [-0.2, 0) is 0 Å². The number of hydrogen-bond donors (Lipinski definition) is 0. The summed E-state index contributed by atoms with van der Waals surface area (Å²) in [6.07, 6.45) is 0. The predicted molar refractivity (Wildman–Crippen MR) is 97.3 cm³/mol. The molecule has 0 saturated heterocycles. The van der Waals surface area contributed by atoms with Crippen LogP contribution in [0.25, 0.3) is 42.7 Å². The summed E-state index contributed by atoms with van der Waals surface area (Å²) in [6.45, 7) is 0. The molecule has 2 heterocycles. The van der Waals surface area contributed by atoms with Crippen LogP contribution < -0.4 is 0 Å². The van der Waals surface area contributed by atoms with Crippen molar-refractivity contribution in [2.24, 2.45) is 0 Å². The van der Waals surface area contributed by atoms with Gasteiger partial charge in [0.05, 0.1) is 9.72 Å². The van der Waals surface area contributed by atoms with E-state index in [-0.39, 0.29) is 0 Å². The Labute approximate surface area is 140 Å². The Morgan fingerprint density at radius 1 is 0.913 bits per heavy atom. The van der Waals surface area contributed by atoms with Crippen LogP contribution >= 0.6 is 22.9 Å². The van der Waals surface area contributed by atoms with Crippen molar-refractivity contribution in [2.75, 3.05) is 0 Å². The van der Waals surface area contributed by atoms with Gasteiger partial charge in [0.1, 0.15) is 5.52 Å². The fourth-order valence-electron chi connectivity index (χ4n) is 2.89. The van der Waals surface area contributed by atoms with Crippen molar-refractivity contribution >= 4 is 54.2 Å². The maximum Gasteiger partial charge on any atom is 0.227 e. The first-order chi connectivity index (χ1) is 11.3. The topological polar surface area (TPSA) is 26.0 Å². The van der Waals surface area contributed by atoms with Crippen molar-refractivity contribution in [1.82, 2.24) is 4.98 Å². The molecular weight excluding hydrogens is 326 g/mol. The van der Waals surface area contributed by atoms with Gasteiger partial charge < -0.3 is 4.42 Å². The molecule has 5 aromatic rings. The van der Waals surface area contributed by atoms with Gasteiger partial charge in [0, 0.05) is 21.0 Å². The van der Waals surface area contributed by atoms with Gasteiger partial charge >= 0.3 is 0 Å². The zero-order chi connectivity index (χ0) is 15.4. The Morgan fingerprint density at radius 3 is 2.65 bits per heavy atom. The molecule has 0 radical (unpaired) electrons. The molecule has 2 nitrogen and oxygen atoms in total. The summed E-state index contributed by atoms with van der Waals surface area (Å²) >= 11 is 8.01. The number of hydrogen-bond acceptors (Lipinski definition) is 3. The van der Waals surface area contributed by atoms with E-state index in [0.29, 0.717) is 5.89 Å². The minimum Gasteiger partial charge on any atom is -0.436 e. The second kappa shape index (κ2) is 4.82. The zero-order valence-electron chi connectivity index (χ0n) is 11.9. The molecule has 23 heavy (non-hydrogen) atoms. The molecule has 0 spiro atoms. The molecule has 0 saturated carbocycles. The molecule has 0 unspecified atom stereocenters. The van der Waals surface area contributed by atoms with Gasteiger partial charge in [-0.1, -0.05) is 41.9 Å². The van der Waals surface area contributed by atoms with Crippen molar-refractivity contribution < 1.29 is 4.42 Å². The van der Waals surface area contributed by atoms with Crippen LogP contribution in [0.1, 0.15) is 0 Å². The molecule has 0 N–H and O–H groups in total. The van der Waals surface area contributed by atoms with Gasteiger partial charge in [-0.3, -0.25) is 0 Å². The molecule has 0 fully saturated rings. The summed E-state index contributed by atoms with van der Waals surface area (Å²) in [4.78, 5) is 4.63. The van der Waals surface area contributed by atoms with E-state index in [1.54, 1.807) is 11.3 Å². The molecule has 0 aliphatic carbocycles. The smallest absolute Gasteiger partial charge is 0.227 e. The highest BCUT2D eigenvalue weighted by Crippen LogP contribution is 2.40. The second-order valence-electron chi connectivity index (χ2n) is 5.42. The number of oxazole rings is 1. The molecular formula is C19H10ClNOS. The number of thiophene rings is 1. The Kier molecular flexibility index (Phi) is 2.75. The number of benzene rings is 3. The van der Waals surface area contributed by atoms with E-state index in [1.165, 1.54) is 4.70 Å². The maximum absolute atomic E-state index is 6.31. The lowest BCUT2D eigenvalue weighted by molar-refractivity contribution is 0.620. The minimum absolute atomic E-state index is 0.653. The number of aromatic nitrogens is 1. The van der Waals surface area contributed by atoms with Crippen molar-refractivity contribution in [3.05, 3.63) is 65.7 Å². The summed E-state index contributed by atoms with van der Waals surface area (Å²) in [5.74, 6) is 0.653. The van der Waals surface area contributed by atoms with E-state index in [2.05, 4.69) is 23.2 Å². The van der Waals surface area contributed by atoms with E-state index >= 15 is 0 Å². The molecule has 110 valence electrons. The van der Waals surface area contributed by atoms with Crippen LogP contribution in [0, 0.1) is 0 Å². The normalized spacial score (nSPS) is 11.7. The highest BCUT2D eigenvalue weighted by Gasteiger charge is 2.13. The largest absolute Gasteiger partial charge is 0.436 e. The van der Waals surface area contributed by atoms with E-state index in [9.17, 15) is 0 Å². The Bertz CT molecular complexity index is 1170. The molecule has 4 heteroatoms.